The number of rotatable bonds is 4. The Morgan fingerprint density at radius 1 is 1.22 bits per heavy atom. The van der Waals surface area contributed by atoms with E-state index in [0.717, 1.165) is 15.6 Å². The molecule has 2 N–H and O–H groups in total. The number of amides is 2. The van der Waals surface area contributed by atoms with Gasteiger partial charge in [0.25, 0.3) is 5.91 Å². The largest absolute Gasteiger partial charge is 0.454 e. The minimum atomic E-state index is -0.815. The van der Waals surface area contributed by atoms with E-state index in [1.165, 1.54) is 6.21 Å². The lowest BCUT2D eigenvalue weighted by Crippen LogP contribution is -2.34. The van der Waals surface area contributed by atoms with Crippen molar-refractivity contribution in [3.05, 3.63) is 58.1 Å². The molecule has 138 valence electrons. The van der Waals surface area contributed by atoms with Gasteiger partial charge in [0.1, 0.15) is 5.92 Å². The first-order chi connectivity index (χ1) is 13.1. The van der Waals surface area contributed by atoms with Crippen LogP contribution in [0.5, 0.6) is 11.5 Å². The number of carbonyl (C=O) groups excluding carboxylic acids is 2. The van der Waals surface area contributed by atoms with Crippen molar-refractivity contribution in [3.8, 4) is 11.5 Å². The van der Waals surface area contributed by atoms with Crippen LogP contribution in [-0.4, -0.2) is 31.4 Å². The molecule has 0 aromatic heterocycles. The topological polar surface area (TPSA) is 89.0 Å². The van der Waals surface area contributed by atoms with Gasteiger partial charge in [-0.25, -0.2) is 5.43 Å². The molecule has 2 amide bonds. The first kappa shape index (κ1) is 17.5. The summed E-state index contributed by atoms with van der Waals surface area (Å²) in [5.41, 5.74) is 4.14. The van der Waals surface area contributed by atoms with Crippen LogP contribution in [0.1, 0.15) is 17.0 Å². The minimum absolute atomic E-state index is 0.177. The zero-order valence-electron chi connectivity index (χ0n) is 14.1. The maximum absolute atomic E-state index is 12.6. The molecule has 2 aliphatic heterocycles. The Morgan fingerprint density at radius 3 is 2.74 bits per heavy atom. The second kappa shape index (κ2) is 7.40. The van der Waals surface area contributed by atoms with Crippen LogP contribution >= 0.6 is 15.9 Å². The van der Waals surface area contributed by atoms with Gasteiger partial charge in [-0.2, -0.15) is 5.10 Å². The number of fused-ring (bicyclic) bond motifs is 1. The predicted molar refractivity (Wildman–Crippen MR) is 102 cm³/mol. The highest BCUT2D eigenvalue weighted by atomic mass is 79.9. The van der Waals surface area contributed by atoms with Gasteiger partial charge in [-0.15, -0.1) is 0 Å². The van der Waals surface area contributed by atoms with E-state index in [1.54, 1.807) is 12.1 Å². The molecule has 4 rings (SSSR count). The van der Waals surface area contributed by atoms with Gasteiger partial charge in [-0.05, 0) is 33.6 Å². The highest BCUT2D eigenvalue weighted by molar-refractivity contribution is 9.10. The number of nitrogens with one attached hydrogen (secondary N) is 2. The molecule has 8 heteroatoms. The number of hydrogen-bond acceptors (Lipinski definition) is 5. The van der Waals surface area contributed by atoms with Crippen LogP contribution in [0, 0.1) is 5.92 Å². The van der Waals surface area contributed by atoms with Crippen LogP contribution in [0.2, 0.25) is 0 Å². The zero-order chi connectivity index (χ0) is 18.8. The van der Waals surface area contributed by atoms with Crippen molar-refractivity contribution in [2.24, 2.45) is 11.0 Å². The molecule has 0 saturated carbocycles. The molecule has 2 aliphatic rings. The zero-order valence-corrected chi connectivity index (χ0v) is 15.7. The number of carbonyl (C=O) groups is 2. The van der Waals surface area contributed by atoms with Gasteiger partial charge >= 0.3 is 0 Å². The van der Waals surface area contributed by atoms with Gasteiger partial charge < -0.3 is 14.8 Å². The second-order valence-electron chi connectivity index (χ2n) is 6.20. The molecule has 0 radical (unpaired) electrons. The van der Waals surface area contributed by atoms with Crippen molar-refractivity contribution in [2.75, 3.05) is 13.3 Å². The van der Waals surface area contributed by atoms with E-state index in [1.807, 2.05) is 30.3 Å². The van der Waals surface area contributed by atoms with Gasteiger partial charge in [-0.3, -0.25) is 9.59 Å². The summed E-state index contributed by atoms with van der Waals surface area (Å²) in [6.07, 6.45) is 1.49. The van der Waals surface area contributed by atoms with E-state index in [0.29, 0.717) is 18.0 Å². The lowest BCUT2D eigenvalue weighted by atomic mass is 9.88. The maximum Gasteiger partial charge on any atom is 0.253 e. The number of ether oxygens (including phenoxy) is 2. The number of halogens is 1. The Labute approximate surface area is 163 Å². The Hall–Kier alpha value is -2.87. The molecular weight excluding hydrogens is 414 g/mol. The molecule has 7 nitrogen and oxygen atoms in total. The Morgan fingerprint density at radius 2 is 1.96 bits per heavy atom. The third-order valence-corrected chi connectivity index (χ3v) is 5.25. The number of hydrazone groups is 1. The van der Waals surface area contributed by atoms with Crippen molar-refractivity contribution in [1.29, 1.82) is 0 Å². The first-order valence-corrected chi connectivity index (χ1v) is 9.17. The van der Waals surface area contributed by atoms with Gasteiger partial charge in [0, 0.05) is 22.5 Å². The van der Waals surface area contributed by atoms with Crippen molar-refractivity contribution < 1.29 is 19.1 Å². The molecule has 1 saturated heterocycles. The Balaban J connectivity index is 1.47. The summed E-state index contributed by atoms with van der Waals surface area (Å²) in [6, 6.07) is 13.1. The second-order valence-corrected chi connectivity index (χ2v) is 7.06. The van der Waals surface area contributed by atoms with Crippen LogP contribution in [0.15, 0.2) is 52.0 Å². The normalized spacial score (nSPS) is 20.7. The van der Waals surface area contributed by atoms with Crippen LogP contribution in [-0.2, 0) is 9.59 Å². The lowest BCUT2D eigenvalue weighted by molar-refractivity contribution is -0.133. The van der Waals surface area contributed by atoms with Crippen LogP contribution in [0.3, 0.4) is 0 Å². The summed E-state index contributed by atoms with van der Waals surface area (Å²) in [5, 5.41) is 6.76. The van der Waals surface area contributed by atoms with Crippen LogP contribution < -0.4 is 20.2 Å². The summed E-state index contributed by atoms with van der Waals surface area (Å²) >= 11 is 3.43. The molecule has 2 atom stereocenters. The molecule has 1 fully saturated rings. The fraction of sp³-hybridized carbons (Fsp3) is 0.211. The molecule has 2 aromatic carbocycles. The number of nitrogens with zero attached hydrogens (tertiary/aromatic N) is 1. The van der Waals surface area contributed by atoms with Gasteiger partial charge in [0.15, 0.2) is 11.5 Å². The molecule has 0 unspecified atom stereocenters. The van der Waals surface area contributed by atoms with Gasteiger partial charge in [0.2, 0.25) is 12.7 Å². The number of hydrogen-bond donors (Lipinski definition) is 2. The van der Waals surface area contributed by atoms with Crippen molar-refractivity contribution in [2.45, 2.75) is 5.92 Å². The lowest BCUT2D eigenvalue weighted by Gasteiger charge is -2.15. The average molecular weight is 430 g/mol. The highest BCUT2D eigenvalue weighted by Gasteiger charge is 2.40. The van der Waals surface area contributed by atoms with Crippen molar-refractivity contribution in [1.82, 2.24) is 10.7 Å². The summed E-state index contributed by atoms with van der Waals surface area (Å²) in [5.74, 6) is -0.495. The third kappa shape index (κ3) is 3.52. The molecular formula is C19H16BrN3O4. The van der Waals surface area contributed by atoms with Gasteiger partial charge in [-0.1, -0.05) is 30.3 Å². The molecule has 0 spiro atoms. The van der Waals surface area contributed by atoms with E-state index in [2.05, 4.69) is 31.8 Å². The smallest absolute Gasteiger partial charge is 0.253 e. The fourth-order valence-corrected chi connectivity index (χ4v) is 3.62. The van der Waals surface area contributed by atoms with E-state index in [-0.39, 0.29) is 18.6 Å². The molecule has 0 aliphatic carbocycles. The quantitative estimate of drug-likeness (QED) is 0.442. The van der Waals surface area contributed by atoms with Crippen LogP contribution in [0.25, 0.3) is 0 Å². The summed E-state index contributed by atoms with van der Waals surface area (Å²) in [6.45, 7) is 0.606. The monoisotopic (exact) mass is 429 g/mol. The first-order valence-electron chi connectivity index (χ1n) is 8.38. The molecule has 2 heterocycles. The van der Waals surface area contributed by atoms with E-state index < -0.39 is 11.8 Å². The Kier molecular flexibility index (Phi) is 4.81. The molecule has 2 aromatic rings. The SMILES string of the molecule is O=C1NC[C@H](c2ccccc2)[C@H]1C(=O)N/N=C\c1cc2c(cc1Br)OCO2. The predicted octanol–water partition coefficient (Wildman–Crippen LogP) is 2.16. The minimum Gasteiger partial charge on any atom is -0.454 e. The van der Waals surface area contributed by atoms with Crippen molar-refractivity contribution >= 4 is 34.0 Å². The highest BCUT2D eigenvalue weighted by Crippen LogP contribution is 2.36. The maximum atomic E-state index is 12.6. The third-order valence-electron chi connectivity index (χ3n) is 4.56. The van der Waals surface area contributed by atoms with Crippen LogP contribution in [0.4, 0.5) is 0 Å². The summed E-state index contributed by atoms with van der Waals surface area (Å²) in [7, 11) is 0. The average Bonchev–Trinajstić information content (AvgIpc) is 3.28. The molecule has 27 heavy (non-hydrogen) atoms. The number of benzene rings is 2. The molecule has 0 bridgehead atoms. The van der Waals surface area contributed by atoms with E-state index >= 15 is 0 Å². The van der Waals surface area contributed by atoms with E-state index in [4.69, 9.17) is 9.47 Å². The Bertz CT molecular complexity index is 917. The van der Waals surface area contributed by atoms with Crippen molar-refractivity contribution in [3.63, 3.8) is 0 Å². The summed E-state index contributed by atoms with van der Waals surface area (Å²) in [4.78, 5) is 24.7. The van der Waals surface area contributed by atoms with E-state index in [9.17, 15) is 9.59 Å². The van der Waals surface area contributed by atoms with Gasteiger partial charge in [0.05, 0.1) is 6.21 Å². The summed E-state index contributed by atoms with van der Waals surface area (Å²) < 4.78 is 11.4. The fourth-order valence-electron chi connectivity index (χ4n) is 3.20. The standard InChI is InChI=1S/C19H16BrN3O4/c20-14-7-16-15(26-10-27-16)6-12(14)8-22-23-19(25)17-13(9-21-18(17)24)11-4-2-1-3-5-11/h1-8,13,17H,9-10H2,(H,21,24)(H,23,25)/b22-8-/t13-,17-/m1/s1.